The molecule has 0 atom stereocenters. The van der Waals surface area contributed by atoms with Crippen LogP contribution in [0, 0.1) is 0 Å². The molecule has 3 aromatic rings. The number of nitrogens with zero attached hydrogens (tertiary/aromatic N) is 3. The summed E-state index contributed by atoms with van der Waals surface area (Å²) in [6.07, 6.45) is 3.19. The number of ether oxygens (including phenoxy) is 1. The van der Waals surface area contributed by atoms with Crippen LogP contribution in [0.1, 0.15) is 23.4 Å². The number of halogens is 1. The first-order valence-corrected chi connectivity index (χ1v) is 8.91. The molecule has 1 aliphatic heterocycles. The van der Waals surface area contributed by atoms with Crippen LogP contribution in [0.2, 0.25) is 0 Å². The van der Waals surface area contributed by atoms with E-state index in [1.807, 2.05) is 24.3 Å². The number of carbonyl (C=O) groups excluding carboxylic acids is 1. The van der Waals surface area contributed by atoms with Crippen LogP contribution in [0.5, 0.6) is 5.88 Å². The molecule has 3 heterocycles. The molecule has 6 nitrogen and oxygen atoms in total. The number of likely N-dealkylation sites (tertiary alicyclic amines) is 1. The van der Waals surface area contributed by atoms with E-state index in [0.717, 1.165) is 23.9 Å². The zero-order chi connectivity index (χ0) is 17.2. The number of hydrogen-bond donors (Lipinski definition) is 0. The quantitative estimate of drug-likeness (QED) is 0.669. The molecule has 4 rings (SSSR count). The molecule has 2 aromatic heterocycles. The van der Waals surface area contributed by atoms with Crippen LogP contribution in [-0.2, 0) is 0 Å². The van der Waals surface area contributed by atoms with E-state index in [9.17, 15) is 4.79 Å². The molecular weight excluding hydrogens is 386 g/mol. The minimum absolute atomic E-state index is 0.0304. The summed E-state index contributed by atoms with van der Waals surface area (Å²) in [5, 5.41) is 0. The fraction of sp³-hybridized carbons (Fsp3) is 0.278. The lowest BCUT2D eigenvalue weighted by molar-refractivity contribution is 0.0558. The van der Waals surface area contributed by atoms with Gasteiger partial charge in [-0.1, -0.05) is 12.1 Å². The molecule has 0 aliphatic carbocycles. The van der Waals surface area contributed by atoms with E-state index < -0.39 is 0 Å². The van der Waals surface area contributed by atoms with Crippen LogP contribution >= 0.6 is 15.9 Å². The summed E-state index contributed by atoms with van der Waals surface area (Å²) in [6.45, 7) is 1.26. The van der Waals surface area contributed by atoms with Gasteiger partial charge in [-0.2, -0.15) is 0 Å². The van der Waals surface area contributed by atoms with Gasteiger partial charge in [0.1, 0.15) is 6.10 Å². The van der Waals surface area contributed by atoms with Gasteiger partial charge < -0.3 is 14.1 Å². The van der Waals surface area contributed by atoms with Gasteiger partial charge in [0.15, 0.2) is 10.4 Å². The van der Waals surface area contributed by atoms with Gasteiger partial charge in [0.25, 0.3) is 5.91 Å². The highest BCUT2D eigenvalue weighted by Gasteiger charge is 2.26. The lowest BCUT2D eigenvalue weighted by Gasteiger charge is -2.31. The predicted octanol–water partition coefficient (Wildman–Crippen LogP) is 3.67. The number of fused-ring (bicyclic) bond motifs is 1. The van der Waals surface area contributed by atoms with Crippen molar-refractivity contribution >= 4 is 32.9 Å². The molecule has 1 saturated heterocycles. The number of piperidine rings is 1. The summed E-state index contributed by atoms with van der Waals surface area (Å²) in [4.78, 5) is 23.0. The Morgan fingerprint density at radius 1 is 1.16 bits per heavy atom. The summed E-state index contributed by atoms with van der Waals surface area (Å²) >= 11 is 3.22. The van der Waals surface area contributed by atoms with E-state index in [-0.39, 0.29) is 12.0 Å². The third-order valence-electron chi connectivity index (χ3n) is 4.23. The average molecular weight is 402 g/mol. The summed E-state index contributed by atoms with van der Waals surface area (Å²) in [5.41, 5.74) is 1.66. The Balaban J connectivity index is 1.37. The molecule has 128 valence electrons. The standard InChI is InChI=1S/C18H16BrN3O3/c19-16-6-5-15(25-16)18(23)22-9-7-12(8-10-22)24-17-11-20-13-3-1-2-4-14(13)21-17/h1-6,11-12H,7-10H2. The van der Waals surface area contributed by atoms with Crippen LogP contribution in [0.15, 0.2) is 51.7 Å². The van der Waals surface area contributed by atoms with Crippen molar-refractivity contribution in [2.24, 2.45) is 0 Å². The number of carbonyl (C=O) groups is 1. The van der Waals surface area contributed by atoms with Gasteiger partial charge in [0.05, 0.1) is 17.2 Å². The molecule has 1 amide bonds. The molecular formula is C18H16BrN3O3. The van der Waals surface area contributed by atoms with Crippen molar-refractivity contribution in [1.82, 2.24) is 14.9 Å². The van der Waals surface area contributed by atoms with Gasteiger partial charge in [0, 0.05) is 25.9 Å². The van der Waals surface area contributed by atoms with Crippen molar-refractivity contribution in [2.45, 2.75) is 18.9 Å². The van der Waals surface area contributed by atoms with Gasteiger partial charge in [-0.25, -0.2) is 9.97 Å². The fourth-order valence-electron chi connectivity index (χ4n) is 2.93. The summed E-state index contributed by atoms with van der Waals surface area (Å²) < 4.78 is 11.9. The Morgan fingerprint density at radius 3 is 2.64 bits per heavy atom. The van der Waals surface area contributed by atoms with Crippen molar-refractivity contribution in [1.29, 1.82) is 0 Å². The monoisotopic (exact) mass is 401 g/mol. The Kier molecular flexibility index (Phi) is 4.40. The second kappa shape index (κ2) is 6.84. The second-order valence-corrected chi connectivity index (χ2v) is 6.69. The summed E-state index contributed by atoms with van der Waals surface area (Å²) in [7, 11) is 0. The summed E-state index contributed by atoms with van der Waals surface area (Å²) in [5.74, 6) is 0.791. The first-order chi connectivity index (χ1) is 12.2. The molecule has 0 bridgehead atoms. The molecule has 0 saturated carbocycles. The van der Waals surface area contributed by atoms with Crippen molar-refractivity contribution < 1.29 is 13.9 Å². The molecule has 0 N–H and O–H groups in total. The van der Waals surface area contributed by atoms with Gasteiger partial charge in [-0.3, -0.25) is 4.79 Å². The molecule has 25 heavy (non-hydrogen) atoms. The Hall–Kier alpha value is -2.41. The highest BCUT2D eigenvalue weighted by atomic mass is 79.9. The highest BCUT2D eigenvalue weighted by molar-refractivity contribution is 9.10. The molecule has 0 unspecified atom stereocenters. The van der Waals surface area contributed by atoms with Crippen LogP contribution < -0.4 is 4.74 Å². The molecule has 0 radical (unpaired) electrons. The second-order valence-electron chi connectivity index (χ2n) is 5.91. The normalized spacial score (nSPS) is 15.5. The van der Waals surface area contributed by atoms with Crippen molar-refractivity contribution in [2.75, 3.05) is 13.1 Å². The van der Waals surface area contributed by atoms with Crippen molar-refractivity contribution in [3.05, 3.63) is 53.0 Å². The topological polar surface area (TPSA) is 68.5 Å². The van der Waals surface area contributed by atoms with E-state index in [2.05, 4.69) is 25.9 Å². The maximum atomic E-state index is 12.4. The largest absolute Gasteiger partial charge is 0.473 e. The van der Waals surface area contributed by atoms with Crippen LogP contribution in [0.25, 0.3) is 11.0 Å². The number of hydrogen-bond acceptors (Lipinski definition) is 5. The lowest BCUT2D eigenvalue weighted by Crippen LogP contribution is -2.41. The third kappa shape index (κ3) is 3.51. The van der Waals surface area contributed by atoms with Gasteiger partial charge in [-0.15, -0.1) is 0 Å². The van der Waals surface area contributed by atoms with E-state index in [1.54, 1.807) is 23.2 Å². The van der Waals surface area contributed by atoms with Crippen LogP contribution in [-0.4, -0.2) is 40.0 Å². The van der Waals surface area contributed by atoms with E-state index >= 15 is 0 Å². The van der Waals surface area contributed by atoms with Gasteiger partial charge >= 0.3 is 0 Å². The van der Waals surface area contributed by atoms with Gasteiger partial charge in [-0.05, 0) is 40.2 Å². The molecule has 1 fully saturated rings. The van der Waals surface area contributed by atoms with Crippen LogP contribution in [0.4, 0.5) is 0 Å². The molecule has 1 aliphatic rings. The number of amides is 1. The van der Waals surface area contributed by atoms with Crippen LogP contribution in [0.3, 0.4) is 0 Å². The average Bonchev–Trinajstić information content (AvgIpc) is 3.08. The van der Waals surface area contributed by atoms with E-state index in [1.165, 1.54) is 0 Å². The Bertz CT molecular complexity index is 903. The Morgan fingerprint density at radius 2 is 1.92 bits per heavy atom. The molecule has 1 aromatic carbocycles. The minimum atomic E-state index is -0.0883. The maximum Gasteiger partial charge on any atom is 0.289 e. The number of rotatable bonds is 3. The summed E-state index contributed by atoms with van der Waals surface area (Å²) in [6, 6.07) is 11.1. The number of para-hydroxylation sites is 2. The molecule has 0 spiro atoms. The maximum absolute atomic E-state index is 12.4. The van der Waals surface area contributed by atoms with E-state index in [0.29, 0.717) is 29.4 Å². The number of aromatic nitrogens is 2. The lowest BCUT2D eigenvalue weighted by atomic mass is 10.1. The first-order valence-electron chi connectivity index (χ1n) is 8.12. The number of furan rings is 1. The van der Waals surface area contributed by atoms with Crippen molar-refractivity contribution in [3.63, 3.8) is 0 Å². The Labute approximate surface area is 152 Å². The zero-order valence-electron chi connectivity index (χ0n) is 13.4. The van der Waals surface area contributed by atoms with E-state index in [4.69, 9.17) is 9.15 Å². The predicted molar refractivity (Wildman–Crippen MR) is 95.5 cm³/mol. The zero-order valence-corrected chi connectivity index (χ0v) is 15.0. The SMILES string of the molecule is O=C(c1ccc(Br)o1)N1CCC(Oc2cnc3ccccc3n2)CC1. The van der Waals surface area contributed by atoms with Crippen molar-refractivity contribution in [3.8, 4) is 5.88 Å². The first kappa shape index (κ1) is 16.1. The number of benzene rings is 1. The molecule has 7 heteroatoms. The fourth-order valence-corrected chi connectivity index (χ4v) is 3.24. The highest BCUT2D eigenvalue weighted by Crippen LogP contribution is 2.21. The minimum Gasteiger partial charge on any atom is -0.473 e. The third-order valence-corrected chi connectivity index (χ3v) is 4.65. The smallest absolute Gasteiger partial charge is 0.289 e. The van der Waals surface area contributed by atoms with Gasteiger partial charge in [0.2, 0.25) is 5.88 Å².